The minimum Gasteiger partial charge on any atom is -0.130 e. The van der Waals surface area contributed by atoms with Crippen LogP contribution in [0.5, 0.6) is 0 Å². The molecule has 0 radical (unpaired) electrons. The highest BCUT2D eigenvalue weighted by molar-refractivity contribution is 7.98. The zero-order valence-corrected chi connectivity index (χ0v) is 8.03. The van der Waals surface area contributed by atoms with Crippen LogP contribution in [0.4, 0.5) is 0 Å². The maximum Gasteiger partial charge on any atom is 0.00755 e. The fraction of sp³-hybridized carbons (Fsp3) is 0.0909. The van der Waals surface area contributed by atoms with Gasteiger partial charge in [-0.2, -0.15) is 0 Å². The van der Waals surface area contributed by atoms with Crippen molar-refractivity contribution in [1.82, 2.24) is 0 Å². The van der Waals surface area contributed by atoms with Gasteiger partial charge < -0.3 is 0 Å². The summed E-state index contributed by atoms with van der Waals surface area (Å²) in [5, 5.41) is 0. The van der Waals surface area contributed by atoms with Crippen LogP contribution < -0.4 is 0 Å². The van der Waals surface area contributed by atoms with Crippen molar-refractivity contribution in [3.63, 3.8) is 0 Å². The third kappa shape index (κ3) is 1.80. The van der Waals surface area contributed by atoms with Crippen LogP contribution in [0, 0.1) is 0 Å². The van der Waals surface area contributed by atoms with Gasteiger partial charge in [0.15, 0.2) is 0 Å². The molecule has 1 aromatic carbocycles. The SMILES string of the molecule is C=Cc1ccc(SC)cc1C=C. The average Bonchev–Trinajstić information content (AvgIpc) is 2.16. The van der Waals surface area contributed by atoms with Gasteiger partial charge in [-0.05, 0) is 29.5 Å². The van der Waals surface area contributed by atoms with Crippen molar-refractivity contribution in [2.24, 2.45) is 0 Å². The molecule has 0 unspecified atom stereocenters. The van der Waals surface area contributed by atoms with Crippen LogP contribution in [0.15, 0.2) is 36.3 Å². The smallest absolute Gasteiger partial charge is 0.00755 e. The summed E-state index contributed by atoms with van der Waals surface area (Å²) < 4.78 is 0. The first kappa shape index (κ1) is 9.14. The third-order valence-electron chi connectivity index (χ3n) is 1.73. The maximum atomic E-state index is 3.76. The van der Waals surface area contributed by atoms with Gasteiger partial charge in [-0.15, -0.1) is 11.8 Å². The number of rotatable bonds is 3. The molecule has 0 aromatic heterocycles. The van der Waals surface area contributed by atoms with E-state index in [1.165, 1.54) is 4.90 Å². The predicted molar refractivity (Wildman–Crippen MR) is 58.4 cm³/mol. The molecule has 0 amide bonds. The van der Waals surface area contributed by atoms with E-state index in [2.05, 4.69) is 37.6 Å². The van der Waals surface area contributed by atoms with Crippen molar-refractivity contribution in [3.05, 3.63) is 42.5 Å². The summed E-state index contributed by atoms with van der Waals surface area (Å²) in [6.45, 7) is 7.50. The van der Waals surface area contributed by atoms with Crippen molar-refractivity contribution in [2.45, 2.75) is 4.90 Å². The fourth-order valence-electron chi connectivity index (χ4n) is 1.04. The summed E-state index contributed by atoms with van der Waals surface area (Å²) >= 11 is 1.74. The Balaban J connectivity index is 3.18. The normalized spacial score (nSPS) is 9.42. The summed E-state index contributed by atoms with van der Waals surface area (Å²) in [4.78, 5) is 1.26. The van der Waals surface area contributed by atoms with E-state index < -0.39 is 0 Å². The maximum absolute atomic E-state index is 3.76. The summed E-state index contributed by atoms with van der Waals surface area (Å²) in [7, 11) is 0. The molecule has 12 heavy (non-hydrogen) atoms. The van der Waals surface area contributed by atoms with Gasteiger partial charge in [-0.25, -0.2) is 0 Å². The van der Waals surface area contributed by atoms with Gasteiger partial charge in [0, 0.05) is 4.90 Å². The highest BCUT2D eigenvalue weighted by atomic mass is 32.2. The second kappa shape index (κ2) is 4.17. The Bertz CT molecular complexity index is 300. The molecule has 0 N–H and O–H groups in total. The molecular weight excluding hydrogens is 164 g/mol. The van der Waals surface area contributed by atoms with E-state index in [1.54, 1.807) is 11.8 Å². The summed E-state index contributed by atoms with van der Waals surface area (Å²) in [6.07, 6.45) is 5.77. The van der Waals surface area contributed by atoms with E-state index in [-0.39, 0.29) is 0 Å². The molecule has 0 saturated carbocycles. The molecule has 62 valence electrons. The molecule has 0 fully saturated rings. The van der Waals surface area contributed by atoms with Crippen molar-refractivity contribution in [2.75, 3.05) is 6.26 Å². The van der Waals surface area contributed by atoms with Crippen LogP contribution in [0.25, 0.3) is 12.2 Å². The Kier molecular flexibility index (Phi) is 3.18. The van der Waals surface area contributed by atoms with E-state index in [0.29, 0.717) is 0 Å². The summed E-state index contributed by atoms with van der Waals surface area (Å²) in [6, 6.07) is 6.28. The molecule has 0 aliphatic rings. The quantitative estimate of drug-likeness (QED) is 0.633. The van der Waals surface area contributed by atoms with Crippen LogP contribution in [0.2, 0.25) is 0 Å². The topological polar surface area (TPSA) is 0 Å². The van der Waals surface area contributed by atoms with Gasteiger partial charge in [-0.1, -0.05) is 31.4 Å². The molecular formula is C11H12S. The summed E-state index contributed by atoms with van der Waals surface area (Å²) in [5.74, 6) is 0. The van der Waals surface area contributed by atoms with E-state index in [0.717, 1.165) is 11.1 Å². The minimum atomic E-state index is 1.14. The van der Waals surface area contributed by atoms with E-state index in [4.69, 9.17) is 0 Å². The monoisotopic (exact) mass is 176 g/mol. The third-order valence-corrected chi connectivity index (χ3v) is 2.46. The highest BCUT2D eigenvalue weighted by Crippen LogP contribution is 2.20. The van der Waals surface area contributed by atoms with Crippen molar-refractivity contribution in [3.8, 4) is 0 Å². The van der Waals surface area contributed by atoms with Crippen molar-refractivity contribution >= 4 is 23.9 Å². The lowest BCUT2D eigenvalue weighted by Gasteiger charge is -2.02. The first-order chi connectivity index (χ1) is 5.81. The second-order valence-corrected chi connectivity index (χ2v) is 3.28. The Morgan fingerprint density at radius 3 is 2.33 bits per heavy atom. The Morgan fingerprint density at radius 2 is 1.83 bits per heavy atom. The Labute approximate surface area is 78.0 Å². The van der Waals surface area contributed by atoms with Crippen molar-refractivity contribution in [1.29, 1.82) is 0 Å². The van der Waals surface area contributed by atoms with Crippen LogP contribution in [-0.2, 0) is 0 Å². The molecule has 0 spiro atoms. The molecule has 1 rings (SSSR count). The number of hydrogen-bond donors (Lipinski definition) is 0. The van der Waals surface area contributed by atoms with Crippen LogP contribution in [0.3, 0.4) is 0 Å². The molecule has 0 atom stereocenters. The number of hydrogen-bond acceptors (Lipinski definition) is 1. The van der Waals surface area contributed by atoms with Gasteiger partial charge in [0.25, 0.3) is 0 Å². The first-order valence-corrected chi connectivity index (χ1v) is 4.97. The average molecular weight is 176 g/mol. The van der Waals surface area contributed by atoms with E-state index in [1.807, 2.05) is 12.2 Å². The fourth-order valence-corrected chi connectivity index (χ4v) is 1.49. The number of benzene rings is 1. The minimum absolute atomic E-state index is 1.14. The molecule has 1 heteroatoms. The zero-order chi connectivity index (χ0) is 8.97. The van der Waals surface area contributed by atoms with Crippen LogP contribution >= 0.6 is 11.8 Å². The lowest BCUT2D eigenvalue weighted by molar-refractivity contribution is 1.43. The lowest BCUT2D eigenvalue weighted by Crippen LogP contribution is -1.80. The molecule has 1 aromatic rings. The van der Waals surface area contributed by atoms with E-state index >= 15 is 0 Å². The van der Waals surface area contributed by atoms with Crippen LogP contribution in [0.1, 0.15) is 11.1 Å². The molecule has 0 heterocycles. The largest absolute Gasteiger partial charge is 0.130 e. The predicted octanol–water partition coefficient (Wildman–Crippen LogP) is 3.69. The molecule has 0 aliphatic heterocycles. The van der Waals surface area contributed by atoms with Crippen molar-refractivity contribution < 1.29 is 0 Å². The molecule has 0 saturated heterocycles. The Morgan fingerprint density at radius 1 is 1.17 bits per heavy atom. The van der Waals surface area contributed by atoms with Gasteiger partial charge in [-0.3, -0.25) is 0 Å². The molecule has 0 nitrogen and oxygen atoms in total. The van der Waals surface area contributed by atoms with Gasteiger partial charge in [0.1, 0.15) is 0 Å². The molecule has 0 bridgehead atoms. The highest BCUT2D eigenvalue weighted by Gasteiger charge is 1.96. The summed E-state index contributed by atoms with van der Waals surface area (Å²) in [5.41, 5.74) is 2.29. The van der Waals surface area contributed by atoms with E-state index in [9.17, 15) is 0 Å². The first-order valence-electron chi connectivity index (χ1n) is 3.74. The van der Waals surface area contributed by atoms with Gasteiger partial charge in [0.2, 0.25) is 0 Å². The standard InChI is InChI=1S/C11H12S/c1-4-9-6-7-11(12-3)8-10(9)5-2/h4-8H,1-2H2,3H3. The van der Waals surface area contributed by atoms with Crippen LogP contribution in [-0.4, -0.2) is 6.26 Å². The second-order valence-electron chi connectivity index (χ2n) is 2.40. The van der Waals surface area contributed by atoms with Gasteiger partial charge >= 0.3 is 0 Å². The zero-order valence-electron chi connectivity index (χ0n) is 7.21. The van der Waals surface area contributed by atoms with Gasteiger partial charge in [0.05, 0.1) is 0 Å². The lowest BCUT2D eigenvalue weighted by atomic mass is 10.1. The molecule has 0 aliphatic carbocycles. The number of thioether (sulfide) groups is 1. The Hall–Kier alpha value is -0.950.